The number of ketones is 1. The van der Waals surface area contributed by atoms with E-state index in [1.165, 1.54) is 5.57 Å². The maximum absolute atomic E-state index is 13.2. The largest absolute Gasteiger partial charge is 0.460 e. The lowest BCUT2D eigenvalue weighted by atomic mass is 9.68. The second-order valence-corrected chi connectivity index (χ2v) is 13.4. The fraction of sp³-hybridized carbons (Fsp3) is 0.848. The first kappa shape index (κ1) is 35.5. The second-order valence-electron chi connectivity index (χ2n) is 13.4. The smallest absolute Gasteiger partial charge is 0.407 e. The Balaban J connectivity index is 1.42. The van der Waals surface area contributed by atoms with Crippen molar-refractivity contribution in [3.8, 4) is 0 Å². The summed E-state index contributed by atoms with van der Waals surface area (Å²) in [4.78, 5) is 36.7. The SMILES string of the molecule is COC1C(OC(=O)C[C@@H](COC(=O)NCCCCCCCC(=O)CN)C(C)C)CC[C@]2(CO2)C1[C@]1(C)O[C@@H]1CC=C(C)C. The topological polar surface area (TPSA) is 142 Å². The van der Waals surface area contributed by atoms with Gasteiger partial charge in [-0.25, -0.2) is 4.79 Å². The van der Waals surface area contributed by atoms with E-state index in [0.29, 0.717) is 26.0 Å². The Bertz CT molecular complexity index is 961. The third-order valence-corrected chi connectivity index (χ3v) is 9.45. The van der Waals surface area contributed by atoms with Gasteiger partial charge < -0.3 is 34.7 Å². The number of carbonyl (C=O) groups excluding carboxylic acids is 3. The zero-order valence-electron chi connectivity index (χ0n) is 27.3. The van der Waals surface area contributed by atoms with E-state index in [9.17, 15) is 14.4 Å². The predicted octanol–water partition coefficient (Wildman–Crippen LogP) is 4.86. The van der Waals surface area contributed by atoms with Gasteiger partial charge in [0.2, 0.25) is 0 Å². The summed E-state index contributed by atoms with van der Waals surface area (Å²) >= 11 is 0. The average Bonchev–Trinajstić information content (AvgIpc) is 3.88. The summed E-state index contributed by atoms with van der Waals surface area (Å²) in [5.74, 6) is -0.271. The number of unbranched alkanes of at least 4 members (excludes halogenated alkanes) is 4. The molecule has 1 spiro atoms. The molecule has 2 heterocycles. The van der Waals surface area contributed by atoms with Crippen LogP contribution in [0.1, 0.15) is 98.8 Å². The normalized spacial score (nSPS) is 30.0. The number of epoxide rings is 2. The van der Waals surface area contributed by atoms with Crippen molar-refractivity contribution in [1.29, 1.82) is 0 Å². The molecule has 7 atom stereocenters. The number of alkyl carbamates (subject to hydrolysis) is 1. The number of allylic oxidation sites excluding steroid dienone is 1. The summed E-state index contributed by atoms with van der Waals surface area (Å²) in [5, 5.41) is 2.79. The van der Waals surface area contributed by atoms with Gasteiger partial charge in [-0.1, -0.05) is 44.8 Å². The number of rotatable bonds is 19. The number of amides is 1. The standard InChI is InChI=1S/C33H56N2O8/c1-22(2)13-14-27-32(5,43-27)30-29(39-6)26(15-16-33(30)21-41-33)42-28(37)18-24(23(3)4)20-40-31(38)35-17-11-9-7-8-10-12-25(36)19-34/h13,23-24,26-27,29-30H,7-12,14-21,34H2,1-6H3,(H,35,38)/t24-,26?,27+,29?,30?,32+,33-/m0/s1. The van der Waals surface area contributed by atoms with E-state index in [1.54, 1.807) is 7.11 Å². The number of Topliss-reactive ketones (excluding diaryl/α,β-unsaturated/α-hetero) is 1. The first-order valence-electron chi connectivity index (χ1n) is 16.3. The Morgan fingerprint density at radius 1 is 1.12 bits per heavy atom. The molecule has 3 rings (SSSR count). The molecule has 0 aromatic rings. The Labute approximate surface area is 258 Å². The van der Waals surface area contributed by atoms with Crippen LogP contribution in [0.2, 0.25) is 0 Å². The lowest BCUT2D eigenvalue weighted by molar-refractivity contribution is -0.173. The monoisotopic (exact) mass is 608 g/mol. The van der Waals surface area contributed by atoms with Crippen molar-refractivity contribution >= 4 is 17.8 Å². The lowest BCUT2D eigenvalue weighted by Crippen LogP contribution is -2.55. The maximum Gasteiger partial charge on any atom is 0.407 e. The number of hydrogen-bond donors (Lipinski definition) is 2. The number of nitrogens with two attached hydrogens (primary N) is 1. The molecule has 3 N–H and O–H groups in total. The van der Waals surface area contributed by atoms with Crippen molar-refractivity contribution in [2.75, 3.05) is 33.4 Å². The molecular weight excluding hydrogens is 552 g/mol. The third kappa shape index (κ3) is 10.3. The van der Waals surface area contributed by atoms with E-state index in [2.05, 4.69) is 32.2 Å². The van der Waals surface area contributed by atoms with E-state index in [0.717, 1.165) is 44.9 Å². The Kier molecular flexibility index (Phi) is 13.5. The van der Waals surface area contributed by atoms with Gasteiger partial charge in [0.1, 0.15) is 29.2 Å². The minimum absolute atomic E-state index is 0.0274. The molecule has 3 fully saturated rings. The molecule has 1 aliphatic carbocycles. The summed E-state index contributed by atoms with van der Waals surface area (Å²) in [6, 6.07) is 0. The van der Waals surface area contributed by atoms with Gasteiger partial charge >= 0.3 is 12.1 Å². The summed E-state index contributed by atoms with van der Waals surface area (Å²) in [6.45, 7) is 11.8. The minimum atomic E-state index is -0.475. The van der Waals surface area contributed by atoms with Crippen LogP contribution in [0, 0.1) is 17.8 Å². The number of nitrogens with one attached hydrogen (secondary N) is 1. The summed E-state index contributed by atoms with van der Waals surface area (Å²) in [6.07, 6.45) is 8.78. The van der Waals surface area contributed by atoms with Crippen molar-refractivity contribution < 1.29 is 38.1 Å². The summed E-state index contributed by atoms with van der Waals surface area (Å²) < 4.78 is 29.8. The molecular formula is C33H56N2O8. The molecule has 0 bridgehead atoms. The van der Waals surface area contributed by atoms with Crippen LogP contribution in [0.15, 0.2) is 11.6 Å². The van der Waals surface area contributed by atoms with Crippen molar-refractivity contribution in [3.63, 3.8) is 0 Å². The summed E-state index contributed by atoms with van der Waals surface area (Å²) in [7, 11) is 1.67. The summed E-state index contributed by atoms with van der Waals surface area (Å²) in [5.41, 5.74) is 5.92. The van der Waals surface area contributed by atoms with Gasteiger partial charge in [-0.05, 0) is 58.8 Å². The Morgan fingerprint density at radius 2 is 1.81 bits per heavy atom. The van der Waals surface area contributed by atoms with Crippen LogP contribution in [-0.2, 0) is 33.3 Å². The highest BCUT2D eigenvalue weighted by Crippen LogP contribution is 2.59. The molecule has 1 amide bonds. The van der Waals surface area contributed by atoms with Crippen molar-refractivity contribution in [3.05, 3.63) is 11.6 Å². The average molecular weight is 609 g/mol. The van der Waals surface area contributed by atoms with Crippen LogP contribution in [0.5, 0.6) is 0 Å². The van der Waals surface area contributed by atoms with Crippen LogP contribution in [0.3, 0.4) is 0 Å². The van der Waals surface area contributed by atoms with Crippen LogP contribution < -0.4 is 11.1 Å². The predicted molar refractivity (Wildman–Crippen MR) is 163 cm³/mol. The number of methoxy groups -OCH3 is 1. The molecule has 2 aliphatic heterocycles. The van der Waals surface area contributed by atoms with E-state index in [-0.39, 0.29) is 78.6 Å². The molecule has 43 heavy (non-hydrogen) atoms. The molecule has 0 aromatic carbocycles. The fourth-order valence-corrected chi connectivity index (χ4v) is 6.49. The number of ether oxygens (including phenoxy) is 5. The van der Waals surface area contributed by atoms with Gasteiger partial charge in [0.05, 0.1) is 38.2 Å². The molecule has 0 aromatic heterocycles. The van der Waals surface area contributed by atoms with E-state index in [1.807, 2.05) is 13.8 Å². The molecule has 3 unspecified atom stereocenters. The van der Waals surface area contributed by atoms with E-state index in [4.69, 9.17) is 29.4 Å². The van der Waals surface area contributed by atoms with Crippen molar-refractivity contribution in [2.45, 2.75) is 128 Å². The number of esters is 1. The van der Waals surface area contributed by atoms with Crippen LogP contribution in [0.25, 0.3) is 0 Å². The fourth-order valence-electron chi connectivity index (χ4n) is 6.49. The zero-order valence-corrected chi connectivity index (χ0v) is 27.3. The van der Waals surface area contributed by atoms with Gasteiger partial charge in [-0.15, -0.1) is 0 Å². The van der Waals surface area contributed by atoms with Crippen molar-refractivity contribution in [1.82, 2.24) is 5.32 Å². The molecule has 246 valence electrons. The lowest BCUT2D eigenvalue weighted by Gasteiger charge is -2.42. The first-order chi connectivity index (χ1) is 20.5. The van der Waals surface area contributed by atoms with Gasteiger partial charge in [0.15, 0.2) is 0 Å². The molecule has 1 saturated carbocycles. The van der Waals surface area contributed by atoms with E-state index < -0.39 is 6.09 Å². The van der Waals surface area contributed by atoms with Crippen molar-refractivity contribution in [2.24, 2.45) is 23.5 Å². The zero-order chi connectivity index (χ0) is 31.6. The van der Waals surface area contributed by atoms with E-state index >= 15 is 0 Å². The van der Waals surface area contributed by atoms with Crippen LogP contribution in [-0.4, -0.2) is 80.8 Å². The van der Waals surface area contributed by atoms with Gasteiger partial charge in [0.25, 0.3) is 0 Å². The highest BCUT2D eigenvalue weighted by molar-refractivity contribution is 5.80. The molecule has 3 aliphatic rings. The highest BCUT2D eigenvalue weighted by Gasteiger charge is 2.72. The van der Waals surface area contributed by atoms with Gasteiger partial charge in [-0.2, -0.15) is 0 Å². The molecule has 10 nitrogen and oxygen atoms in total. The maximum atomic E-state index is 13.2. The first-order valence-corrected chi connectivity index (χ1v) is 16.3. The third-order valence-electron chi connectivity index (χ3n) is 9.45. The van der Waals surface area contributed by atoms with Crippen LogP contribution >= 0.6 is 0 Å². The van der Waals surface area contributed by atoms with Crippen LogP contribution in [0.4, 0.5) is 4.79 Å². The quantitative estimate of drug-likeness (QED) is 0.0909. The Hall–Kier alpha value is -2.01. The molecule has 2 saturated heterocycles. The molecule has 10 heteroatoms. The highest BCUT2D eigenvalue weighted by atomic mass is 16.6. The second kappa shape index (κ2) is 16.3. The number of carbonyl (C=O) groups is 3. The number of hydrogen-bond acceptors (Lipinski definition) is 9. The minimum Gasteiger partial charge on any atom is -0.460 e. The Morgan fingerprint density at radius 3 is 2.44 bits per heavy atom. The van der Waals surface area contributed by atoms with Gasteiger partial charge in [0, 0.05) is 26.0 Å². The molecule has 0 radical (unpaired) electrons. The van der Waals surface area contributed by atoms with Gasteiger partial charge in [-0.3, -0.25) is 9.59 Å².